The maximum Gasteiger partial charge on any atom is 0.266 e. The highest BCUT2D eigenvalue weighted by molar-refractivity contribution is 7.98. The van der Waals surface area contributed by atoms with Crippen molar-refractivity contribution in [3.63, 3.8) is 0 Å². The number of nitrogens with zero attached hydrogens (tertiary/aromatic N) is 2. The van der Waals surface area contributed by atoms with Gasteiger partial charge >= 0.3 is 0 Å². The van der Waals surface area contributed by atoms with Gasteiger partial charge in [-0.1, -0.05) is 44.2 Å². The molecule has 0 aliphatic carbocycles. The van der Waals surface area contributed by atoms with Crippen molar-refractivity contribution in [2.45, 2.75) is 57.5 Å². The first kappa shape index (κ1) is 25.3. The number of nitrogens with one attached hydrogen (secondary N) is 1. The highest BCUT2D eigenvalue weighted by Gasteiger charge is 2.38. The summed E-state index contributed by atoms with van der Waals surface area (Å²) in [6.45, 7) is 6.05. The first-order valence-electron chi connectivity index (χ1n) is 11.6. The molecule has 0 unspecified atom stereocenters. The molecule has 2 N–H and O–H groups in total. The summed E-state index contributed by atoms with van der Waals surface area (Å²) in [6.07, 6.45) is 3.92. The van der Waals surface area contributed by atoms with Crippen LogP contribution in [0.3, 0.4) is 0 Å². The molecule has 2 amide bonds. The zero-order valence-corrected chi connectivity index (χ0v) is 20.3. The Morgan fingerprint density at radius 1 is 1.21 bits per heavy atom. The summed E-state index contributed by atoms with van der Waals surface area (Å²) in [5, 5.41) is 9.23. The van der Waals surface area contributed by atoms with E-state index < -0.39 is 18.0 Å². The van der Waals surface area contributed by atoms with Gasteiger partial charge in [-0.05, 0) is 42.9 Å². The highest BCUT2D eigenvalue weighted by Crippen LogP contribution is 2.24. The number of hydrogen-bond donors (Lipinski definition) is 2. The molecular formula is C25H35N3O4S. The molecule has 1 aliphatic rings. The molecule has 0 saturated carbocycles. The summed E-state index contributed by atoms with van der Waals surface area (Å²) >= 11 is 1.72. The van der Waals surface area contributed by atoms with Gasteiger partial charge in [0.1, 0.15) is 11.8 Å². The molecule has 1 aromatic heterocycles. The maximum atomic E-state index is 13.9. The van der Waals surface area contributed by atoms with Crippen molar-refractivity contribution >= 4 is 23.6 Å². The predicted molar refractivity (Wildman–Crippen MR) is 130 cm³/mol. The van der Waals surface area contributed by atoms with Crippen LogP contribution >= 0.6 is 11.8 Å². The van der Waals surface area contributed by atoms with Gasteiger partial charge in [-0.2, -0.15) is 11.8 Å². The van der Waals surface area contributed by atoms with Crippen LogP contribution in [0.15, 0.2) is 53.1 Å². The number of carbonyl (C=O) groups excluding carboxylic acids is 2. The van der Waals surface area contributed by atoms with Gasteiger partial charge in [0.2, 0.25) is 5.91 Å². The van der Waals surface area contributed by atoms with Crippen LogP contribution < -0.4 is 5.48 Å². The van der Waals surface area contributed by atoms with Gasteiger partial charge in [0.05, 0.1) is 18.8 Å². The summed E-state index contributed by atoms with van der Waals surface area (Å²) in [6, 6.07) is 13.0. The van der Waals surface area contributed by atoms with Gasteiger partial charge in [-0.25, -0.2) is 5.48 Å². The Morgan fingerprint density at radius 3 is 2.67 bits per heavy atom. The normalized spacial score (nSPS) is 17.4. The molecule has 7 nitrogen and oxygen atoms in total. The van der Waals surface area contributed by atoms with Crippen LogP contribution in [-0.2, 0) is 21.9 Å². The third-order valence-corrected chi connectivity index (χ3v) is 6.94. The molecule has 3 rings (SSSR count). The van der Waals surface area contributed by atoms with Gasteiger partial charge in [0.25, 0.3) is 5.91 Å². The fourth-order valence-corrected chi connectivity index (χ4v) is 5.43. The third kappa shape index (κ3) is 7.35. The Kier molecular flexibility index (Phi) is 9.84. The molecule has 180 valence electrons. The number of amides is 2. The van der Waals surface area contributed by atoms with Crippen molar-refractivity contribution in [2.75, 3.05) is 18.8 Å². The number of thioether (sulfide) groups is 1. The lowest BCUT2D eigenvalue weighted by atomic mass is 10.00. The van der Waals surface area contributed by atoms with Gasteiger partial charge in [-0.15, -0.1) is 0 Å². The minimum Gasteiger partial charge on any atom is -0.468 e. The molecule has 0 radical (unpaired) electrons. The lowest BCUT2D eigenvalue weighted by Crippen LogP contribution is -2.58. The van der Waals surface area contributed by atoms with E-state index in [1.165, 1.54) is 5.56 Å². The third-order valence-electron chi connectivity index (χ3n) is 5.85. The van der Waals surface area contributed by atoms with Crippen LogP contribution in [-0.4, -0.2) is 57.7 Å². The van der Waals surface area contributed by atoms with Crippen LogP contribution in [0.4, 0.5) is 0 Å². The second-order valence-electron chi connectivity index (χ2n) is 8.94. The molecule has 1 aliphatic heterocycles. The standard InChI is InChI=1S/C25H35N3O4S/c1-19(2)15-27(16-21-11-8-14-32-21)23(18-33-17-20-9-4-3-5-10-20)25(30)28-13-7-6-12-22(28)24(29)26-31/h3-5,8-11,14,19,22-23,31H,6-7,12-13,15-18H2,1-2H3,(H,26,29)/t22-,23+/m0/s1. The van der Waals surface area contributed by atoms with Gasteiger partial charge in [-0.3, -0.25) is 19.7 Å². The minimum atomic E-state index is -0.637. The first-order valence-corrected chi connectivity index (χ1v) is 12.8. The molecule has 1 fully saturated rings. The number of rotatable bonds is 11. The van der Waals surface area contributed by atoms with Crippen molar-refractivity contribution in [1.82, 2.24) is 15.3 Å². The minimum absolute atomic E-state index is 0.0592. The largest absolute Gasteiger partial charge is 0.468 e. The Labute approximate surface area is 200 Å². The molecule has 1 saturated heterocycles. The van der Waals surface area contributed by atoms with Crippen molar-refractivity contribution < 1.29 is 19.2 Å². The predicted octanol–water partition coefficient (Wildman–Crippen LogP) is 3.93. The fraction of sp³-hybridized carbons (Fsp3) is 0.520. The second kappa shape index (κ2) is 12.8. The molecule has 33 heavy (non-hydrogen) atoms. The van der Waals surface area contributed by atoms with E-state index in [1.807, 2.05) is 30.3 Å². The number of carbonyl (C=O) groups is 2. The van der Waals surface area contributed by atoms with Crippen molar-refractivity contribution in [3.8, 4) is 0 Å². The van der Waals surface area contributed by atoms with Crippen LogP contribution in [0.5, 0.6) is 0 Å². The van der Waals surface area contributed by atoms with Gasteiger partial charge < -0.3 is 9.32 Å². The number of benzene rings is 1. The highest BCUT2D eigenvalue weighted by atomic mass is 32.2. The van der Waals surface area contributed by atoms with Crippen molar-refractivity contribution in [3.05, 3.63) is 60.1 Å². The van der Waals surface area contributed by atoms with E-state index in [1.54, 1.807) is 28.4 Å². The molecule has 1 aromatic carbocycles. The first-order chi connectivity index (χ1) is 16.0. The van der Waals surface area contributed by atoms with Crippen LogP contribution in [0.25, 0.3) is 0 Å². The zero-order chi connectivity index (χ0) is 23.6. The molecular weight excluding hydrogens is 438 g/mol. The number of hydroxylamine groups is 1. The number of hydrogen-bond acceptors (Lipinski definition) is 6. The summed E-state index contributed by atoms with van der Waals surface area (Å²) in [5.74, 6) is 2.00. The van der Waals surface area contributed by atoms with Gasteiger partial charge in [0.15, 0.2) is 0 Å². The average molecular weight is 474 g/mol. The van der Waals surface area contributed by atoms with E-state index in [-0.39, 0.29) is 5.91 Å². The van der Waals surface area contributed by atoms with Crippen LogP contribution in [0.1, 0.15) is 44.4 Å². The second-order valence-corrected chi connectivity index (χ2v) is 9.97. The monoisotopic (exact) mass is 473 g/mol. The Hall–Kier alpha value is -2.29. The SMILES string of the molecule is CC(C)CN(Cc1ccco1)[C@H](CSCc1ccccc1)C(=O)N1CCCC[C@H]1C(=O)NO. The Morgan fingerprint density at radius 2 is 2.00 bits per heavy atom. The Balaban J connectivity index is 1.82. The molecule has 2 aromatic rings. The quantitative estimate of drug-likeness (QED) is 0.380. The number of likely N-dealkylation sites (tertiary alicyclic amines) is 1. The Bertz CT molecular complexity index is 860. The van der Waals surface area contributed by atoms with Gasteiger partial charge in [0, 0.05) is 24.6 Å². The van der Waals surface area contributed by atoms with E-state index in [0.29, 0.717) is 31.2 Å². The van der Waals surface area contributed by atoms with E-state index in [9.17, 15) is 14.8 Å². The fourth-order valence-electron chi connectivity index (χ4n) is 4.30. The molecule has 0 bridgehead atoms. The van der Waals surface area contributed by atoms with E-state index >= 15 is 0 Å². The van der Waals surface area contributed by atoms with Crippen LogP contribution in [0.2, 0.25) is 0 Å². The number of furan rings is 1. The molecule has 2 heterocycles. The van der Waals surface area contributed by atoms with E-state index in [0.717, 1.165) is 30.9 Å². The zero-order valence-electron chi connectivity index (χ0n) is 19.5. The summed E-state index contributed by atoms with van der Waals surface area (Å²) < 4.78 is 5.60. The van der Waals surface area contributed by atoms with Crippen LogP contribution in [0, 0.1) is 5.92 Å². The molecule has 0 spiro atoms. The lowest BCUT2D eigenvalue weighted by Gasteiger charge is -2.40. The van der Waals surface area contributed by atoms with Crippen molar-refractivity contribution in [2.24, 2.45) is 5.92 Å². The van der Waals surface area contributed by atoms with E-state index in [4.69, 9.17) is 4.42 Å². The molecule has 2 atom stereocenters. The summed E-state index contributed by atoms with van der Waals surface area (Å²) in [4.78, 5) is 30.1. The topological polar surface area (TPSA) is 86.0 Å². The van der Waals surface area contributed by atoms with E-state index in [2.05, 4.69) is 30.9 Å². The number of piperidine rings is 1. The maximum absolute atomic E-state index is 13.9. The smallest absolute Gasteiger partial charge is 0.266 e. The van der Waals surface area contributed by atoms with Crippen molar-refractivity contribution in [1.29, 1.82) is 0 Å². The summed E-state index contributed by atoms with van der Waals surface area (Å²) in [5.41, 5.74) is 2.97. The summed E-state index contributed by atoms with van der Waals surface area (Å²) in [7, 11) is 0. The molecule has 8 heteroatoms. The lowest BCUT2D eigenvalue weighted by molar-refractivity contribution is -0.149. The average Bonchev–Trinajstić information content (AvgIpc) is 3.34.